The average Bonchev–Trinajstić information content (AvgIpc) is 2.81. The van der Waals surface area contributed by atoms with Gasteiger partial charge in [0.1, 0.15) is 18.1 Å². The summed E-state index contributed by atoms with van der Waals surface area (Å²) in [4.78, 5) is 14.5. The third-order valence-corrected chi connectivity index (χ3v) is 4.91. The fourth-order valence-corrected chi connectivity index (χ4v) is 3.40. The third kappa shape index (κ3) is 5.23. The maximum absolute atomic E-state index is 13.4. The van der Waals surface area contributed by atoms with Crippen molar-refractivity contribution >= 4 is 16.9 Å². The van der Waals surface area contributed by atoms with E-state index in [2.05, 4.69) is 4.98 Å². The molecule has 3 aromatic carbocycles. The summed E-state index contributed by atoms with van der Waals surface area (Å²) in [6.07, 6.45) is -3.13. The minimum Gasteiger partial charge on any atom is -0.489 e. The van der Waals surface area contributed by atoms with Crippen LogP contribution in [0, 0.1) is 0 Å². The first kappa shape index (κ1) is 22.1. The number of fused-ring (bicyclic) bond motifs is 1. The second-order valence-corrected chi connectivity index (χ2v) is 7.20. The molecule has 5 nitrogen and oxygen atoms in total. The maximum atomic E-state index is 13.4. The minimum atomic E-state index is -4.50. The maximum Gasteiger partial charge on any atom is 0.418 e. The van der Waals surface area contributed by atoms with Gasteiger partial charge < -0.3 is 14.6 Å². The van der Waals surface area contributed by atoms with Crippen LogP contribution in [0.2, 0.25) is 0 Å². The third-order valence-electron chi connectivity index (χ3n) is 4.91. The first-order chi connectivity index (χ1) is 15.8. The van der Waals surface area contributed by atoms with E-state index in [1.807, 2.05) is 0 Å². The summed E-state index contributed by atoms with van der Waals surface area (Å²) in [6.45, 7) is -0.172. The summed E-state index contributed by atoms with van der Waals surface area (Å²) in [5.74, 6) is -0.0690. The number of pyridine rings is 1. The topological polar surface area (TPSA) is 68.7 Å². The Labute approximate surface area is 187 Å². The van der Waals surface area contributed by atoms with Crippen LogP contribution in [-0.2, 0) is 17.6 Å². The van der Waals surface area contributed by atoms with Gasteiger partial charge in [0.25, 0.3) is 0 Å². The lowest BCUT2D eigenvalue weighted by atomic mass is 9.99. The first-order valence-electron chi connectivity index (χ1n) is 9.93. The van der Waals surface area contributed by atoms with Crippen LogP contribution in [0.3, 0.4) is 0 Å². The molecule has 0 fully saturated rings. The van der Waals surface area contributed by atoms with Crippen LogP contribution in [0.25, 0.3) is 22.0 Å². The van der Waals surface area contributed by atoms with Crippen molar-refractivity contribution < 1.29 is 32.5 Å². The highest BCUT2D eigenvalue weighted by atomic mass is 19.4. The molecule has 1 N–H and O–H groups in total. The van der Waals surface area contributed by atoms with Crippen LogP contribution in [-0.4, -0.2) is 22.7 Å². The van der Waals surface area contributed by atoms with E-state index >= 15 is 0 Å². The highest BCUT2D eigenvalue weighted by Gasteiger charge is 2.33. The van der Waals surface area contributed by atoms with E-state index in [-0.39, 0.29) is 12.1 Å². The molecular formula is C25H18F3NO4. The van der Waals surface area contributed by atoms with Gasteiger partial charge in [0.2, 0.25) is 0 Å². The van der Waals surface area contributed by atoms with Gasteiger partial charge >= 0.3 is 12.1 Å². The summed E-state index contributed by atoms with van der Waals surface area (Å²) < 4.78 is 51.1. The number of rotatable bonds is 7. The second kappa shape index (κ2) is 9.20. The van der Waals surface area contributed by atoms with Crippen LogP contribution in [0.4, 0.5) is 13.2 Å². The number of alkyl halides is 3. The lowest BCUT2D eigenvalue weighted by molar-refractivity contribution is -0.139. The van der Waals surface area contributed by atoms with E-state index in [1.54, 1.807) is 60.7 Å². The van der Waals surface area contributed by atoms with Crippen molar-refractivity contribution in [3.05, 3.63) is 90.1 Å². The molecule has 1 heterocycles. The quantitative estimate of drug-likeness (QED) is 0.374. The molecule has 168 valence electrons. The lowest BCUT2D eigenvalue weighted by Gasteiger charge is -2.13. The Morgan fingerprint density at radius 1 is 0.909 bits per heavy atom. The van der Waals surface area contributed by atoms with Crippen molar-refractivity contribution in [2.45, 2.75) is 12.8 Å². The number of carboxylic acids is 1. The number of carbonyl (C=O) groups is 1. The predicted octanol–water partition coefficient (Wildman–Crippen LogP) is 5.96. The van der Waals surface area contributed by atoms with Crippen LogP contribution in [0.5, 0.6) is 11.5 Å². The zero-order valence-corrected chi connectivity index (χ0v) is 17.2. The molecule has 33 heavy (non-hydrogen) atoms. The number of carboxylic acid groups (broad SMARTS) is 1. The van der Waals surface area contributed by atoms with Gasteiger partial charge in [0.05, 0.1) is 11.1 Å². The van der Waals surface area contributed by atoms with Crippen LogP contribution in [0.1, 0.15) is 11.1 Å². The average molecular weight is 453 g/mol. The molecule has 0 saturated heterocycles. The number of hydrogen-bond acceptors (Lipinski definition) is 4. The van der Waals surface area contributed by atoms with Gasteiger partial charge in [0, 0.05) is 11.6 Å². The molecule has 8 heteroatoms. The van der Waals surface area contributed by atoms with Gasteiger partial charge in [-0.25, -0.2) is 4.79 Å². The Bertz CT molecular complexity index is 1290. The largest absolute Gasteiger partial charge is 0.489 e. The SMILES string of the molecule is O=C(O)COc1ccc(COc2cccc(-c3ccnc4c(C(F)(F)F)cccc34)c2)cc1. The number of aromatic nitrogens is 1. The molecule has 0 amide bonds. The number of benzene rings is 3. The monoisotopic (exact) mass is 453 g/mol. The van der Waals surface area contributed by atoms with Crippen molar-refractivity contribution in [1.29, 1.82) is 0 Å². The van der Waals surface area contributed by atoms with E-state index in [1.165, 1.54) is 12.3 Å². The van der Waals surface area contributed by atoms with Crippen molar-refractivity contribution in [3.63, 3.8) is 0 Å². The molecular weight excluding hydrogens is 435 g/mol. The molecule has 0 saturated carbocycles. The Hall–Kier alpha value is -4.07. The van der Waals surface area contributed by atoms with Crippen molar-refractivity contribution in [3.8, 4) is 22.6 Å². The van der Waals surface area contributed by atoms with Crippen LogP contribution < -0.4 is 9.47 Å². The van der Waals surface area contributed by atoms with Gasteiger partial charge in [-0.05, 0) is 53.1 Å². The zero-order valence-electron chi connectivity index (χ0n) is 17.2. The van der Waals surface area contributed by atoms with Crippen molar-refractivity contribution in [2.24, 2.45) is 0 Å². The summed E-state index contributed by atoms with van der Waals surface area (Å²) in [5, 5.41) is 9.06. The molecule has 4 aromatic rings. The Balaban J connectivity index is 1.54. The highest BCUT2D eigenvalue weighted by molar-refractivity contribution is 5.96. The molecule has 0 atom stereocenters. The van der Waals surface area contributed by atoms with Gasteiger partial charge in [0.15, 0.2) is 6.61 Å². The lowest BCUT2D eigenvalue weighted by Crippen LogP contribution is -2.09. The highest BCUT2D eigenvalue weighted by Crippen LogP contribution is 2.37. The normalized spacial score (nSPS) is 11.4. The first-order valence-corrected chi connectivity index (χ1v) is 9.93. The van der Waals surface area contributed by atoms with E-state index in [4.69, 9.17) is 14.6 Å². The van der Waals surface area contributed by atoms with Crippen molar-refractivity contribution in [1.82, 2.24) is 4.98 Å². The molecule has 0 bridgehead atoms. The minimum absolute atomic E-state index is 0.0981. The summed E-state index contributed by atoms with van der Waals surface area (Å²) in [5.41, 5.74) is 1.30. The zero-order chi connectivity index (χ0) is 23.4. The van der Waals surface area contributed by atoms with E-state index < -0.39 is 24.3 Å². The summed E-state index contributed by atoms with van der Waals surface area (Å²) in [6, 6.07) is 19.6. The fraction of sp³-hybridized carbons (Fsp3) is 0.120. The van der Waals surface area contributed by atoms with Gasteiger partial charge in [-0.3, -0.25) is 4.98 Å². The standard InChI is InChI=1S/C25H18F3NO4/c26-25(27,28)22-6-2-5-21-20(11-12-29-24(21)22)17-3-1-4-19(13-17)32-14-16-7-9-18(10-8-16)33-15-23(30)31/h1-13H,14-15H2,(H,30,31). The summed E-state index contributed by atoms with van der Waals surface area (Å²) >= 11 is 0. The number of hydrogen-bond donors (Lipinski definition) is 1. The predicted molar refractivity (Wildman–Crippen MR) is 116 cm³/mol. The van der Waals surface area contributed by atoms with Crippen LogP contribution in [0.15, 0.2) is 79.0 Å². The molecule has 0 aliphatic heterocycles. The Morgan fingerprint density at radius 2 is 1.67 bits per heavy atom. The number of para-hydroxylation sites is 1. The van der Waals surface area contributed by atoms with E-state index in [9.17, 15) is 18.0 Å². The molecule has 0 aliphatic carbocycles. The van der Waals surface area contributed by atoms with E-state index in [0.717, 1.165) is 11.6 Å². The van der Waals surface area contributed by atoms with Gasteiger partial charge in [-0.2, -0.15) is 13.2 Å². The van der Waals surface area contributed by atoms with Crippen LogP contribution >= 0.6 is 0 Å². The molecule has 4 rings (SSSR count). The van der Waals surface area contributed by atoms with Crippen molar-refractivity contribution in [2.75, 3.05) is 6.61 Å². The van der Waals surface area contributed by atoms with Gasteiger partial charge in [-0.1, -0.05) is 36.4 Å². The molecule has 0 spiro atoms. The smallest absolute Gasteiger partial charge is 0.418 e. The molecule has 0 unspecified atom stereocenters. The molecule has 0 aliphatic rings. The number of nitrogens with zero attached hydrogens (tertiary/aromatic N) is 1. The van der Waals surface area contributed by atoms with Gasteiger partial charge in [-0.15, -0.1) is 0 Å². The molecule has 0 radical (unpaired) electrons. The fourth-order valence-electron chi connectivity index (χ4n) is 3.40. The van der Waals surface area contributed by atoms with E-state index in [0.29, 0.717) is 28.0 Å². The number of halogens is 3. The second-order valence-electron chi connectivity index (χ2n) is 7.20. The number of aliphatic carboxylic acids is 1. The number of ether oxygens (including phenoxy) is 2. The summed E-state index contributed by atoms with van der Waals surface area (Å²) in [7, 11) is 0. The molecule has 1 aromatic heterocycles. The Kier molecular flexibility index (Phi) is 6.17. The Morgan fingerprint density at radius 3 is 2.39 bits per heavy atom.